The van der Waals surface area contributed by atoms with Gasteiger partial charge in [0.2, 0.25) is 5.95 Å². The summed E-state index contributed by atoms with van der Waals surface area (Å²) in [4.78, 5) is 33.3. The molecule has 1 saturated heterocycles. The number of nitrogen functional groups attached to an aromatic ring is 1. The number of H-pyrrole nitrogens is 1. The van der Waals surface area contributed by atoms with Gasteiger partial charge in [0.15, 0.2) is 22.3 Å². The summed E-state index contributed by atoms with van der Waals surface area (Å²) >= 11 is 6.67. The summed E-state index contributed by atoms with van der Waals surface area (Å²) < 4.78 is 37.8. The number of imidazole rings is 1. The second kappa shape index (κ2) is 11.6. The number of halogens is 1. The molecule has 3 heterocycles. The van der Waals surface area contributed by atoms with E-state index in [9.17, 15) is 19.3 Å². The quantitative estimate of drug-likeness (QED) is 0.136. The molecule has 0 spiro atoms. The molecule has 214 valence electrons. The van der Waals surface area contributed by atoms with Gasteiger partial charge in [-0.2, -0.15) is 4.98 Å². The fourth-order valence-electron chi connectivity index (χ4n) is 4.13. The Balaban J connectivity index is 1.59. The minimum atomic E-state index is -4.04. The van der Waals surface area contributed by atoms with Crippen LogP contribution < -0.4 is 15.8 Å². The first kappa shape index (κ1) is 29.6. The van der Waals surface area contributed by atoms with Gasteiger partial charge >= 0.3 is 13.6 Å². The monoisotopic (exact) mass is 593 g/mol. The molecule has 0 bridgehead atoms. The van der Waals surface area contributed by atoms with Crippen LogP contribution in [0.3, 0.4) is 0 Å². The molecule has 40 heavy (non-hydrogen) atoms. The lowest BCUT2D eigenvalue weighted by atomic mass is 9.99. The van der Waals surface area contributed by atoms with Crippen LogP contribution in [0.1, 0.15) is 27.0 Å². The Bertz CT molecular complexity index is 1520. The van der Waals surface area contributed by atoms with Crippen LogP contribution in [-0.4, -0.2) is 66.5 Å². The van der Waals surface area contributed by atoms with E-state index in [2.05, 4.69) is 20.9 Å². The number of alkyl halides is 1. The number of benzene rings is 1. The van der Waals surface area contributed by atoms with Gasteiger partial charge < -0.3 is 24.8 Å². The van der Waals surface area contributed by atoms with Gasteiger partial charge in [0, 0.05) is 0 Å². The summed E-state index contributed by atoms with van der Waals surface area (Å²) in [7, 11) is -4.04. The van der Waals surface area contributed by atoms with Crippen molar-refractivity contribution < 1.29 is 33.0 Å². The largest absolute Gasteiger partial charge is 0.463 e. The molecule has 1 aromatic carbocycles. The summed E-state index contributed by atoms with van der Waals surface area (Å²) in [5.74, 6) is 0.983. The molecule has 0 aliphatic carbocycles. The number of aliphatic hydroxyl groups excluding tert-OH is 1. The predicted molar refractivity (Wildman–Crippen MR) is 146 cm³/mol. The molecule has 13 nitrogen and oxygen atoms in total. The first-order valence-electron chi connectivity index (χ1n) is 12.3. The Morgan fingerprint density at radius 2 is 2.08 bits per heavy atom. The molecular weight excluding hydrogens is 565 g/mol. The number of hydrogen-bond acceptors (Lipinski definition) is 11. The number of carbonyl (C=O) groups is 1. The predicted octanol–water partition coefficient (Wildman–Crippen LogP) is 2.45. The molecule has 3 aromatic rings. The van der Waals surface area contributed by atoms with Crippen molar-refractivity contribution in [1.29, 1.82) is 0 Å². The lowest BCUT2D eigenvalue weighted by Gasteiger charge is -2.25. The van der Waals surface area contributed by atoms with E-state index in [1.54, 1.807) is 51.1 Å². The zero-order valence-corrected chi connectivity index (χ0v) is 23.5. The zero-order chi connectivity index (χ0) is 29.2. The number of nitrogens with one attached hydrogen (secondary N) is 1. The standard InChI is InChI=1S/C25H29ClN5O8P/c1-5-25(26)19(32)17(38-23(25)31-13-28-18-20(31)29-24(27)30-21(18)33)11-36-40(35,39-16-9-7-6-8-10-16)12-15(4)22(34)37-14(2)3/h1,6-10,13-15,17,19,23,32H,11-12H2,2-4H3,(H3,27,29,30,33)/t15-,17-,19+,23-,25?,40+/m1/s1. The van der Waals surface area contributed by atoms with Gasteiger partial charge in [0.05, 0.1) is 31.1 Å². The third-order valence-corrected chi connectivity index (χ3v) is 8.59. The van der Waals surface area contributed by atoms with E-state index in [1.807, 2.05) is 0 Å². The number of para-hydroxylation sites is 1. The number of terminal acetylenes is 1. The van der Waals surface area contributed by atoms with Crippen molar-refractivity contribution >= 4 is 42.3 Å². The number of aromatic nitrogens is 4. The number of aromatic amines is 1. The maximum absolute atomic E-state index is 13.9. The van der Waals surface area contributed by atoms with E-state index >= 15 is 0 Å². The average molecular weight is 594 g/mol. The maximum atomic E-state index is 13.9. The van der Waals surface area contributed by atoms with Crippen LogP contribution in [0.15, 0.2) is 41.5 Å². The number of fused-ring (bicyclic) bond motifs is 1. The Hall–Kier alpha value is -3.40. The van der Waals surface area contributed by atoms with Crippen molar-refractivity contribution in [3.05, 3.63) is 47.0 Å². The minimum absolute atomic E-state index is 0.0239. The summed E-state index contributed by atoms with van der Waals surface area (Å²) in [6.45, 7) is 4.46. The van der Waals surface area contributed by atoms with Gasteiger partial charge in [-0.15, -0.1) is 6.42 Å². The number of aliphatic hydroxyl groups is 1. The molecule has 2 aromatic heterocycles. The van der Waals surface area contributed by atoms with Gasteiger partial charge in [-0.1, -0.05) is 42.6 Å². The zero-order valence-electron chi connectivity index (χ0n) is 21.9. The van der Waals surface area contributed by atoms with Crippen molar-refractivity contribution in [2.75, 3.05) is 18.5 Å². The maximum Gasteiger partial charge on any atom is 0.380 e. The Labute approximate surface area is 234 Å². The van der Waals surface area contributed by atoms with E-state index in [0.717, 1.165) is 0 Å². The molecule has 4 rings (SSSR count). The van der Waals surface area contributed by atoms with E-state index in [-0.39, 0.29) is 35.1 Å². The van der Waals surface area contributed by atoms with Gasteiger partial charge in [0.1, 0.15) is 18.0 Å². The minimum Gasteiger partial charge on any atom is -0.463 e. The third kappa shape index (κ3) is 6.01. The molecule has 1 aliphatic rings. The van der Waals surface area contributed by atoms with Crippen LogP contribution in [0, 0.1) is 18.3 Å². The van der Waals surface area contributed by atoms with Crippen molar-refractivity contribution in [2.45, 2.75) is 50.2 Å². The number of rotatable bonds is 10. The molecule has 1 aliphatic heterocycles. The highest BCUT2D eigenvalue weighted by atomic mass is 35.5. The first-order valence-corrected chi connectivity index (χ1v) is 14.4. The second-order valence-electron chi connectivity index (χ2n) is 9.54. The smallest absolute Gasteiger partial charge is 0.380 e. The van der Waals surface area contributed by atoms with Gasteiger partial charge in [-0.3, -0.25) is 23.7 Å². The molecule has 0 saturated carbocycles. The lowest BCUT2D eigenvalue weighted by molar-refractivity contribution is -0.151. The first-order chi connectivity index (χ1) is 18.9. The Morgan fingerprint density at radius 1 is 1.38 bits per heavy atom. The molecule has 1 fully saturated rings. The van der Waals surface area contributed by atoms with Gasteiger partial charge in [-0.25, -0.2) is 9.55 Å². The fraction of sp³-hybridized carbons (Fsp3) is 0.440. The topological polar surface area (TPSA) is 181 Å². The van der Waals surface area contributed by atoms with Crippen molar-refractivity contribution in [2.24, 2.45) is 5.92 Å². The van der Waals surface area contributed by atoms with E-state index < -0.39 is 55.0 Å². The molecule has 0 radical (unpaired) electrons. The highest BCUT2D eigenvalue weighted by Crippen LogP contribution is 2.52. The molecule has 0 amide bonds. The number of esters is 1. The number of nitrogens with zero attached hydrogens (tertiary/aromatic N) is 3. The number of ether oxygens (including phenoxy) is 2. The normalized spacial score (nSPS) is 24.9. The van der Waals surface area contributed by atoms with Crippen molar-refractivity contribution in [3.63, 3.8) is 0 Å². The summed E-state index contributed by atoms with van der Waals surface area (Å²) in [6.07, 6.45) is 2.23. The molecule has 15 heteroatoms. The van der Waals surface area contributed by atoms with Crippen LogP contribution >= 0.6 is 19.2 Å². The number of hydrogen-bond donors (Lipinski definition) is 3. The van der Waals surface area contributed by atoms with E-state index in [1.165, 1.54) is 10.9 Å². The highest BCUT2D eigenvalue weighted by Gasteiger charge is 2.56. The Morgan fingerprint density at radius 3 is 2.73 bits per heavy atom. The van der Waals surface area contributed by atoms with Crippen LogP contribution in [0.5, 0.6) is 5.75 Å². The lowest BCUT2D eigenvalue weighted by Crippen LogP contribution is -2.41. The fourth-order valence-corrected chi connectivity index (χ4v) is 6.30. The summed E-state index contributed by atoms with van der Waals surface area (Å²) in [5.41, 5.74) is 5.06. The van der Waals surface area contributed by atoms with Crippen LogP contribution in [0.4, 0.5) is 5.95 Å². The van der Waals surface area contributed by atoms with E-state index in [0.29, 0.717) is 0 Å². The average Bonchev–Trinajstić information content (AvgIpc) is 3.42. The second-order valence-corrected chi connectivity index (χ2v) is 12.2. The van der Waals surface area contributed by atoms with Gasteiger partial charge in [0.25, 0.3) is 5.56 Å². The van der Waals surface area contributed by atoms with Crippen LogP contribution in [0.25, 0.3) is 11.2 Å². The SMILES string of the molecule is C#CC1(Cl)[C@@H](O)[C@@H](CO[P@@](=O)(C[C@@H](C)C(=O)OC(C)C)Oc2ccccc2)O[C@H]1n1cnc2c(=O)[nH]c(N)nc21. The third-order valence-electron chi connectivity index (χ3n) is 6.05. The van der Waals surface area contributed by atoms with E-state index in [4.69, 9.17) is 42.3 Å². The number of anilines is 1. The van der Waals surface area contributed by atoms with Crippen LogP contribution in [0.2, 0.25) is 0 Å². The molecule has 1 unspecified atom stereocenters. The Kier molecular flexibility index (Phi) is 8.58. The van der Waals surface area contributed by atoms with Crippen molar-refractivity contribution in [3.8, 4) is 18.1 Å². The molecule has 4 N–H and O–H groups in total. The summed E-state index contributed by atoms with van der Waals surface area (Å²) in [6, 6.07) is 8.27. The highest BCUT2D eigenvalue weighted by molar-refractivity contribution is 7.54. The summed E-state index contributed by atoms with van der Waals surface area (Å²) in [5, 5.41) is 11.1. The molecule has 6 atom stereocenters. The molecular formula is C25H29ClN5O8P. The number of nitrogens with two attached hydrogens (primary N) is 1. The van der Waals surface area contributed by atoms with Crippen molar-refractivity contribution in [1.82, 2.24) is 19.5 Å². The number of carbonyl (C=O) groups excluding carboxylic acids is 1. The van der Waals surface area contributed by atoms with Gasteiger partial charge in [-0.05, 0) is 26.0 Å². The van der Waals surface area contributed by atoms with Crippen LogP contribution in [-0.2, 0) is 23.4 Å².